The summed E-state index contributed by atoms with van der Waals surface area (Å²) in [5, 5.41) is 0.593. The lowest BCUT2D eigenvalue weighted by Crippen LogP contribution is -2.23. The van der Waals surface area contributed by atoms with Gasteiger partial charge in [-0.3, -0.25) is 4.79 Å². The number of hydrogen-bond acceptors (Lipinski definition) is 5. The Bertz CT molecular complexity index is 1640. The molecule has 7 nitrogen and oxygen atoms in total. The van der Waals surface area contributed by atoms with Gasteiger partial charge in [0.25, 0.3) is 15.6 Å². The summed E-state index contributed by atoms with van der Waals surface area (Å²) in [6.07, 6.45) is 7.00. The van der Waals surface area contributed by atoms with E-state index < -0.39 is 10.0 Å². The van der Waals surface area contributed by atoms with Crippen LogP contribution in [0.4, 0.5) is 11.4 Å². The highest BCUT2D eigenvalue weighted by Crippen LogP contribution is 2.54. The Hall–Kier alpha value is -3.52. The second-order valence-electron chi connectivity index (χ2n) is 10.1. The number of rotatable bonds is 4. The second-order valence-corrected chi connectivity index (χ2v) is 11.9. The van der Waals surface area contributed by atoms with Crippen molar-refractivity contribution in [1.29, 1.82) is 0 Å². The standard InChI is InChI=1S/C27H28N4O3S/c1-18-3-6-20(7-4-18)35(33,34)31-13-9-21-23(16-29(2)26(32)25(21)31)22-15-19(28)5-8-24(22)30-14-12-27(17-30)10-11-27/h3-9,13,15-16H,10-12,14,17,28H2,1-2H3. The van der Waals surface area contributed by atoms with Gasteiger partial charge >= 0.3 is 0 Å². The highest BCUT2D eigenvalue weighted by Gasteiger charge is 2.48. The predicted molar refractivity (Wildman–Crippen MR) is 139 cm³/mol. The molecule has 1 aliphatic carbocycles. The van der Waals surface area contributed by atoms with E-state index in [4.69, 9.17) is 5.73 Å². The maximum atomic E-state index is 13.5. The Morgan fingerprint density at radius 1 is 0.971 bits per heavy atom. The number of nitrogen functional groups attached to an aromatic ring is 1. The van der Waals surface area contributed by atoms with Crippen LogP contribution < -0.4 is 16.2 Å². The van der Waals surface area contributed by atoms with Gasteiger partial charge in [0.05, 0.1) is 4.90 Å². The van der Waals surface area contributed by atoms with Crippen molar-refractivity contribution >= 4 is 32.3 Å². The molecule has 35 heavy (non-hydrogen) atoms. The number of benzene rings is 2. The fraction of sp³-hybridized carbons (Fsp3) is 0.296. The first kappa shape index (κ1) is 22.0. The Balaban J connectivity index is 1.56. The summed E-state index contributed by atoms with van der Waals surface area (Å²) in [6.45, 7) is 3.90. The van der Waals surface area contributed by atoms with Gasteiger partial charge in [0.2, 0.25) is 0 Å². The molecule has 2 aromatic heterocycles. The summed E-state index contributed by atoms with van der Waals surface area (Å²) in [5.41, 5.74) is 10.8. The molecule has 2 aliphatic rings. The monoisotopic (exact) mass is 488 g/mol. The van der Waals surface area contributed by atoms with Crippen molar-refractivity contribution in [3.8, 4) is 11.1 Å². The first-order chi connectivity index (χ1) is 16.7. The summed E-state index contributed by atoms with van der Waals surface area (Å²) in [7, 11) is -2.30. The molecule has 0 bridgehead atoms. The first-order valence-corrected chi connectivity index (χ1v) is 13.3. The van der Waals surface area contributed by atoms with Gasteiger partial charge in [-0.05, 0) is 68.0 Å². The van der Waals surface area contributed by atoms with E-state index in [0.29, 0.717) is 16.5 Å². The molecule has 6 rings (SSSR count). The number of fused-ring (bicyclic) bond motifs is 1. The summed E-state index contributed by atoms with van der Waals surface area (Å²) in [4.78, 5) is 15.8. The van der Waals surface area contributed by atoms with Crippen LogP contribution in [0.5, 0.6) is 0 Å². The average molecular weight is 489 g/mol. The van der Waals surface area contributed by atoms with Crippen LogP contribution in [0.3, 0.4) is 0 Å². The van der Waals surface area contributed by atoms with Crippen LogP contribution in [0, 0.1) is 12.3 Å². The average Bonchev–Trinajstić information content (AvgIpc) is 3.24. The zero-order valence-electron chi connectivity index (χ0n) is 19.9. The molecule has 1 saturated carbocycles. The van der Waals surface area contributed by atoms with E-state index in [1.807, 2.05) is 25.1 Å². The molecule has 180 valence electrons. The van der Waals surface area contributed by atoms with Crippen LogP contribution in [0.2, 0.25) is 0 Å². The molecular weight excluding hydrogens is 460 g/mol. The minimum Gasteiger partial charge on any atom is -0.399 e. The Labute approximate surface area is 204 Å². The number of nitrogens with two attached hydrogens (primary N) is 1. The van der Waals surface area contributed by atoms with Crippen molar-refractivity contribution in [2.45, 2.75) is 31.1 Å². The van der Waals surface area contributed by atoms with Gasteiger partial charge in [-0.1, -0.05) is 17.7 Å². The number of aryl methyl sites for hydroxylation is 2. The summed E-state index contributed by atoms with van der Waals surface area (Å²) < 4.78 is 29.6. The lowest BCUT2D eigenvalue weighted by Gasteiger charge is -2.23. The third-order valence-electron chi connectivity index (χ3n) is 7.61. The zero-order valence-corrected chi connectivity index (χ0v) is 20.7. The van der Waals surface area contributed by atoms with Crippen molar-refractivity contribution in [2.24, 2.45) is 12.5 Å². The summed E-state index contributed by atoms with van der Waals surface area (Å²) in [5.74, 6) is 0. The van der Waals surface area contributed by atoms with Crippen LogP contribution in [0.1, 0.15) is 24.8 Å². The molecular formula is C27H28N4O3S. The zero-order chi connectivity index (χ0) is 24.5. The van der Waals surface area contributed by atoms with Gasteiger partial charge < -0.3 is 15.2 Å². The van der Waals surface area contributed by atoms with E-state index in [9.17, 15) is 13.2 Å². The molecule has 1 aliphatic heterocycles. The van der Waals surface area contributed by atoms with Crippen LogP contribution in [-0.4, -0.2) is 30.0 Å². The van der Waals surface area contributed by atoms with Crippen molar-refractivity contribution < 1.29 is 8.42 Å². The molecule has 2 fully saturated rings. The smallest absolute Gasteiger partial charge is 0.275 e. The van der Waals surface area contributed by atoms with Crippen LogP contribution in [0.25, 0.3) is 22.0 Å². The maximum Gasteiger partial charge on any atom is 0.275 e. The fourth-order valence-corrected chi connectivity index (χ4v) is 6.68. The van der Waals surface area contributed by atoms with Gasteiger partial charge in [-0.2, -0.15) is 0 Å². The SMILES string of the molecule is Cc1ccc(S(=O)(=O)n2ccc3c(-c4cc(N)ccc4N4CCC5(CC5)C4)cn(C)c(=O)c32)cc1. The molecule has 2 aromatic carbocycles. The van der Waals surface area contributed by atoms with E-state index in [-0.39, 0.29) is 16.0 Å². The molecule has 8 heteroatoms. The highest BCUT2D eigenvalue weighted by atomic mass is 32.2. The fourth-order valence-electron chi connectivity index (χ4n) is 5.34. The van der Waals surface area contributed by atoms with Gasteiger partial charge in [-0.25, -0.2) is 12.4 Å². The highest BCUT2D eigenvalue weighted by molar-refractivity contribution is 7.90. The molecule has 2 N–H and O–H groups in total. The quantitative estimate of drug-likeness (QED) is 0.437. The molecule has 1 spiro atoms. The number of anilines is 2. The van der Waals surface area contributed by atoms with E-state index in [1.165, 1.54) is 30.0 Å². The van der Waals surface area contributed by atoms with Crippen molar-refractivity contribution in [2.75, 3.05) is 23.7 Å². The molecule has 4 aromatic rings. The molecule has 0 unspecified atom stereocenters. The number of aromatic nitrogens is 2. The topological polar surface area (TPSA) is 90.3 Å². The van der Waals surface area contributed by atoms with Crippen LogP contribution in [0.15, 0.2) is 70.6 Å². The summed E-state index contributed by atoms with van der Waals surface area (Å²) >= 11 is 0. The summed E-state index contributed by atoms with van der Waals surface area (Å²) in [6, 6.07) is 14.2. The Kier molecular flexibility index (Phi) is 4.70. The van der Waals surface area contributed by atoms with Crippen LogP contribution in [-0.2, 0) is 17.1 Å². The largest absolute Gasteiger partial charge is 0.399 e. The minimum atomic E-state index is -3.95. The van der Waals surface area contributed by atoms with E-state index in [2.05, 4.69) is 4.90 Å². The third kappa shape index (κ3) is 3.46. The molecule has 0 amide bonds. The molecule has 0 radical (unpaired) electrons. The van der Waals surface area contributed by atoms with Gasteiger partial charge in [0.15, 0.2) is 0 Å². The third-order valence-corrected chi connectivity index (χ3v) is 9.30. The Morgan fingerprint density at radius 2 is 1.71 bits per heavy atom. The van der Waals surface area contributed by atoms with Crippen molar-refractivity contribution in [3.05, 3.63) is 76.8 Å². The van der Waals surface area contributed by atoms with Crippen LogP contribution >= 0.6 is 0 Å². The van der Waals surface area contributed by atoms with E-state index >= 15 is 0 Å². The molecule has 3 heterocycles. The van der Waals surface area contributed by atoms with Gasteiger partial charge in [0, 0.05) is 60.4 Å². The van der Waals surface area contributed by atoms with E-state index in [1.54, 1.807) is 43.6 Å². The van der Waals surface area contributed by atoms with Crippen molar-refractivity contribution in [3.63, 3.8) is 0 Å². The molecule has 1 saturated heterocycles. The van der Waals surface area contributed by atoms with Gasteiger partial charge in [-0.15, -0.1) is 0 Å². The first-order valence-electron chi connectivity index (χ1n) is 11.9. The number of hydrogen-bond donors (Lipinski definition) is 1. The second kappa shape index (κ2) is 7.49. The lowest BCUT2D eigenvalue weighted by molar-refractivity contribution is 0.581. The Morgan fingerprint density at radius 3 is 2.40 bits per heavy atom. The van der Waals surface area contributed by atoms with Crippen molar-refractivity contribution in [1.82, 2.24) is 8.54 Å². The number of pyridine rings is 1. The van der Waals surface area contributed by atoms with E-state index in [0.717, 1.165) is 39.4 Å². The molecule has 0 atom stereocenters. The maximum absolute atomic E-state index is 13.5. The minimum absolute atomic E-state index is 0.138. The normalized spacial score (nSPS) is 16.9. The predicted octanol–water partition coefficient (Wildman–Crippen LogP) is 4.12. The lowest BCUT2D eigenvalue weighted by atomic mass is 10.0. The van der Waals surface area contributed by atoms with Gasteiger partial charge in [0.1, 0.15) is 5.52 Å². The number of nitrogens with zero attached hydrogens (tertiary/aromatic N) is 3.